The fraction of sp³-hybridized carbons (Fsp3) is 0.200. The van der Waals surface area contributed by atoms with Crippen LogP contribution in [0.4, 0.5) is 5.69 Å². The van der Waals surface area contributed by atoms with E-state index in [4.69, 9.17) is 20.8 Å². The quantitative estimate of drug-likeness (QED) is 0.303. The molecule has 1 heterocycles. The van der Waals surface area contributed by atoms with Gasteiger partial charge in [-0.1, -0.05) is 33.6 Å². The van der Waals surface area contributed by atoms with Crippen LogP contribution in [0.2, 0.25) is 5.02 Å². The number of carbonyl (C=O) groups is 1. The van der Waals surface area contributed by atoms with Crippen LogP contribution in [0.3, 0.4) is 0 Å². The lowest BCUT2D eigenvalue weighted by atomic mass is 10.1. The molecule has 0 aliphatic rings. The number of ether oxygens (including phenoxy) is 1. The number of nitrogens with zero attached hydrogens (tertiary/aromatic N) is 1. The molecule has 32 heavy (non-hydrogen) atoms. The summed E-state index contributed by atoms with van der Waals surface area (Å²) in [6.07, 6.45) is 0. The van der Waals surface area contributed by atoms with Crippen molar-refractivity contribution >= 4 is 50.2 Å². The van der Waals surface area contributed by atoms with Crippen LogP contribution >= 0.6 is 27.5 Å². The number of hydrogen-bond acceptors (Lipinski definition) is 4. The summed E-state index contributed by atoms with van der Waals surface area (Å²) in [7, 11) is 0. The number of halogens is 2. The molecule has 0 aliphatic carbocycles. The van der Waals surface area contributed by atoms with E-state index in [0.717, 1.165) is 26.7 Å². The summed E-state index contributed by atoms with van der Waals surface area (Å²) in [6, 6.07) is 16.5. The van der Waals surface area contributed by atoms with E-state index in [1.165, 1.54) is 0 Å². The van der Waals surface area contributed by atoms with Gasteiger partial charge >= 0.3 is 0 Å². The molecule has 4 rings (SSSR count). The lowest BCUT2D eigenvalue weighted by Gasteiger charge is -2.25. The first-order valence-corrected chi connectivity index (χ1v) is 11.2. The summed E-state index contributed by atoms with van der Waals surface area (Å²) in [5.74, 6) is 0.709. The number of anilines is 1. The molecule has 0 saturated carbocycles. The Morgan fingerprint density at radius 3 is 2.53 bits per heavy atom. The molecule has 164 valence electrons. The molecule has 5 nitrogen and oxygen atoms in total. The van der Waals surface area contributed by atoms with Crippen LogP contribution in [0.1, 0.15) is 25.0 Å². The summed E-state index contributed by atoms with van der Waals surface area (Å²) in [5, 5.41) is 3.39. The van der Waals surface area contributed by atoms with Crippen molar-refractivity contribution in [3.05, 3.63) is 75.2 Å². The minimum Gasteiger partial charge on any atom is -0.478 e. The smallest absolute Gasteiger partial charge is 0.267 e. The van der Waals surface area contributed by atoms with E-state index in [9.17, 15) is 4.79 Å². The predicted octanol–water partition coefficient (Wildman–Crippen LogP) is 7.32. The van der Waals surface area contributed by atoms with Gasteiger partial charge in [-0.3, -0.25) is 4.79 Å². The van der Waals surface area contributed by atoms with Crippen LogP contribution in [-0.2, 0) is 4.79 Å². The van der Waals surface area contributed by atoms with Gasteiger partial charge in [-0.25, -0.2) is 4.98 Å². The highest BCUT2D eigenvalue weighted by molar-refractivity contribution is 9.10. The van der Waals surface area contributed by atoms with Gasteiger partial charge in [0.05, 0.1) is 10.6 Å². The molecule has 0 radical (unpaired) electrons. The topological polar surface area (TPSA) is 64.4 Å². The van der Waals surface area contributed by atoms with E-state index in [-0.39, 0.29) is 5.91 Å². The summed E-state index contributed by atoms with van der Waals surface area (Å²) >= 11 is 9.82. The molecule has 0 saturated heterocycles. The van der Waals surface area contributed by atoms with E-state index in [1.54, 1.807) is 44.2 Å². The maximum atomic E-state index is 12.9. The zero-order valence-electron chi connectivity index (χ0n) is 18.1. The van der Waals surface area contributed by atoms with Gasteiger partial charge in [0.2, 0.25) is 5.89 Å². The monoisotopic (exact) mass is 512 g/mol. The number of nitrogens with one attached hydrogen (secondary N) is 1. The zero-order valence-corrected chi connectivity index (χ0v) is 20.5. The Morgan fingerprint density at radius 2 is 1.81 bits per heavy atom. The van der Waals surface area contributed by atoms with Crippen molar-refractivity contribution in [2.45, 2.75) is 33.3 Å². The number of aromatic nitrogens is 1. The summed E-state index contributed by atoms with van der Waals surface area (Å²) in [6.45, 7) is 7.43. The fourth-order valence-electron chi connectivity index (χ4n) is 3.38. The number of benzene rings is 3. The van der Waals surface area contributed by atoms with Crippen molar-refractivity contribution in [2.24, 2.45) is 0 Å². The van der Waals surface area contributed by atoms with Gasteiger partial charge in [0.15, 0.2) is 11.2 Å². The first-order chi connectivity index (χ1) is 15.1. The third-order valence-electron chi connectivity index (χ3n) is 5.01. The van der Waals surface area contributed by atoms with Crippen LogP contribution in [0.25, 0.3) is 22.6 Å². The largest absolute Gasteiger partial charge is 0.478 e. The van der Waals surface area contributed by atoms with Gasteiger partial charge in [-0.05, 0) is 87.4 Å². The molecule has 1 N–H and O–H groups in total. The second-order valence-corrected chi connectivity index (χ2v) is 9.49. The van der Waals surface area contributed by atoms with Crippen molar-refractivity contribution in [3.8, 4) is 17.2 Å². The van der Waals surface area contributed by atoms with Crippen molar-refractivity contribution in [3.63, 3.8) is 0 Å². The Labute approximate surface area is 199 Å². The molecule has 0 unspecified atom stereocenters. The average Bonchev–Trinajstić information content (AvgIpc) is 3.15. The Balaban J connectivity index is 1.59. The number of carbonyl (C=O) groups excluding carboxylic acids is 1. The van der Waals surface area contributed by atoms with Gasteiger partial charge in [-0.2, -0.15) is 0 Å². The van der Waals surface area contributed by atoms with E-state index in [1.807, 2.05) is 38.1 Å². The highest BCUT2D eigenvalue weighted by atomic mass is 79.9. The van der Waals surface area contributed by atoms with Crippen molar-refractivity contribution in [1.29, 1.82) is 0 Å². The minimum absolute atomic E-state index is 0.294. The predicted molar refractivity (Wildman–Crippen MR) is 131 cm³/mol. The number of amides is 1. The SMILES string of the molecule is Cc1cc(C)c2oc(-c3cc(NC(=O)C(C)(C)Oc4ccc(Br)cc4)ccc3Cl)nc2c1. The molecule has 0 aliphatic heterocycles. The second kappa shape index (κ2) is 8.60. The molecule has 3 aromatic carbocycles. The molecule has 1 amide bonds. The molecule has 0 bridgehead atoms. The Hall–Kier alpha value is -2.83. The molecule has 1 aromatic heterocycles. The Bertz CT molecular complexity index is 1310. The standard InChI is InChI=1S/C25H22BrClN2O3/c1-14-11-15(2)22-21(12-14)29-23(31-22)19-13-17(7-10-20(19)27)28-24(30)25(3,4)32-18-8-5-16(26)6-9-18/h5-13H,1-4H3,(H,28,30). The Morgan fingerprint density at radius 1 is 1.09 bits per heavy atom. The van der Waals surface area contributed by atoms with E-state index in [2.05, 4.69) is 26.2 Å². The third kappa shape index (κ3) is 4.66. The lowest BCUT2D eigenvalue weighted by Crippen LogP contribution is -2.42. The van der Waals surface area contributed by atoms with Gasteiger partial charge < -0.3 is 14.5 Å². The van der Waals surface area contributed by atoms with Crippen LogP contribution < -0.4 is 10.1 Å². The summed E-state index contributed by atoms with van der Waals surface area (Å²) in [4.78, 5) is 17.5. The van der Waals surface area contributed by atoms with Gasteiger partial charge in [0, 0.05) is 10.2 Å². The normalized spacial score (nSPS) is 11.6. The lowest BCUT2D eigenvalue weighted by molar-refractivity contribution is -0.128. The number of hydrogen-bond donors (Lipinski definition) is 1. The van der Waals surface area contributed by atoms with Crippen molar-refractivity contribution < 1.29 is 13.9 Å². The van der Waals surface area contributed by atoms with Gasteiger partial charge in [0.25, 0.3) is 5.91 Å². The van der Waals surface area contributed by atoms with Crippen LogP contribution in [0.5, 0.6) is 5.75 Å². The second-order valence-electron chi connectivity index (χ2n) is 8.16. The molecule has 0 fully saturated rings. The van der Waals surface area contributed by atoms with Gasteiger partial charge in [0.1, 0.15) is 11.3 Å². The van der Waals surface area contributed by atoms with E-state index in [0.29, 0.717) is 27.9 Å². The first-order valence-electron chi connectivity index (χ1n) is 10.1. The number of aryl methyl sites for hydroxylation is 2. The Kier molecular flexibility index (Phi) is 6.01. The number of rotatable bonds is 5. The highest BCUT2D eigenvalue weighted by Gasteiger charge is 2.30. The zero-order chi connectivity index (χ0) is 23.0. The highest BCUT2D eigenvalue weighted by Crippen LogP contribution is 2.34. The maximum absolute atomic E-state index is 12.9. The average molecular weight is 514 g/mol. The summed E-state index contributed by atoms with van der Waals surface area (Å²) < 4.78 is 12.8. The third-order valence-corrected chi connectivity index (χ3v) is 5.87. The minimum atomic E-state index is -1.10. The van der Waals surface area contributed by atoms with Crippen molar-refractivity contribution in [1.82, 2.24) is 4.98 Å². The molecule has 4 aromatic rings. The van der Waals surface area contributed by atoms with Crippen LogP contribution in [0, 0.1) is 13.8 Å². The first kappa shape index (κ1) is 22.4. The fourth-order valence-corrected chi connectivity index (χ4v) is 3.85. The van der Waals surface area contributed by atoms with E-state index >= 15 is 0 Å². The van der Waals surface area contributed by atoms with Crippen LogP contribution in [0.15, 0.2) is 63.5 Å². The molecular formula is C25H22BrClN2O3. The number of fused-ring (bicyclic) bond motifs is 1. The van der Waals surface area contributed by atoms with Gasteiger partial charge in [-0.15, -0.1) is 0 Å². The number of oxazole rings is 1. The molecule has 0 spiro atoms. The van der Waals surface area contributed by atoms with Crippen LogP contribution in [-0.4, -0.2) is 16.5 Å². The van der Waals surface area contributed by atoms with Crippen molar-refractivity contribution in [2.75, 3.05) is 5.32 Å². The van der Waals surface area contributed by atoms with E-state index < -0.39 is 5.60 Å². The molecule has 7 heteroatoms. The summed E-state index contributed by atoms with van der Waals surface area (Å²) in [5.41, 5.74) is 3.68. The molecule has 0 atom stereocenters. The molecular weight excluding hydrogens is 492 g/mol. The maximum Gasteiger partial charge on any atom is 0.267 e.